The van der Waals surface area contributed by atoms with E-state index < -0.39 is 0 Å². The molecule has 0 bridgehead atoms. The average molecular weight is 429 g/mol. The molecule has 30 heavy (non-hydrogen) atoms. The molecule has 2 heterocycles. The number of benzene rings is 1. The predicted molar refractivity (Wildman–Crippen MR) is 123 cm³/mol. The molecule has 0 radical (unpaired) electrons. The minimum absolute atomic E-state index is 0.143. The number of thioether (sulfide) groups is 1. The first-order chi connectivity index (χ1) is 14.5. The quantitative estimate of drug-likeness (QED) is 0.516. The zero-order valence-corrected chi connectivity index (χ0v) is 19.5. The summed E-state index contributed by atoms with van der Waals surface area (Å²) in [4.78, 5) is 27.8. The maximum absolute atomic E-state index is 12.7. The summed E-state index contributed by atoms with van der Waals surface area (Å²) < 4.78 is 0. The van der Waals surface area contributed by atoms with Crippen molar-refractivity contribution in [3.05, 3.63) is 47.2 Å². The number of hydrogen-bond acceptors (Lipinski definition) is 5. The summed E-state index contributed by atoms with van der Waals surface area (Å²) in [6.45, 7) is 8.99. The highest BCUT2D eigenvalue weighted by atomic mass is 32.2. The van der Waals surface area contributed by atoms with Crippen molar-refractivity contribution in [2.24, 2.45) is 0 Å². The van der Waals surface area contributed by atoms with E-state index in [4.69, 9.17) is 4.98 Å². The first kappa shape index (κ1) is 22.6. The van der Waals surface area contributed by atoms with Crippen LogP contribution in [-0.4, -0.2) is 67.6 Å². The molecule has 0 atom stereocenters. The van der Waals surface area contributed by atoms with Gasteiger partial charge in [-0.05, 0) is 30.5 Å². The Labute approximate surface area is 184 Å². The Kier molecular flexibility index (Phi) is 8.10. The summed E-state index contributed by atoms with van der Waals surface area (Å²) in [5, 5.41) is 0.812. The van der Waals surface area contributed by atoms with Crippen molar-refractivity contribution < 1.29 is 9.69 Å². The number of carbonyl (C=O) groups is 1. The first-order valence-electron chi connectivity index (χ1n) is 10.9. The Morgan fingerprint density at radius 2 is 1.87 bits per heavy atom. The van der Waals surface area contributed by atoms with Gasteiger partial charge in [-0.2, -0.15) is 0 Å². The SMILES string of the molecule is CCCN(C)c1cc(CC)nc(SCc2ccc(C(=O)N3CC[NH+](C)CC3)cc2)n1. The third-order valence-corrected chi connectivity index (χ3v) is 6.45. The lowest BCUT2D eigenvalue weighted by atomic mass is 10.1. The monoisotopic (exact) mass is 428 g/mol. The van der Waals surface area contributed by atoms with Gasteiger partial charge in [0.1, 0.15) is 5.82 Å². The Morgan fingerprint density at radius 1 is 1.17 bits per heavy atom. The Balaban J connectivity index is 1.62. The molecule has 1 saturated heterocycles. The van der Waals surface area contributed by atoms with Crippen LogP contribution < -0.4 is 9.80 Å². The molecular formula is C23H34N5OS+. The Bertz CT molecular complexity index is 834. The number of piperazine rings is 1. The molecule has 1 aliphatic rings. The van der Waals surface area contributed by atoms with Gasteiger partial charge in [0.2, 0.25) is 0 Å². The fourth-order valence-electron chi connectivity index (χ4n) is 3.52. The molecule has 1 aliphatic heterocycles. The third kappa shape index (κ3) is 5.95. The van der Waals surface area contributed by atoms with Gasteiger partial charge in [-0.25, -0.2) is 9.97 Å². The highest BCUT2D eigenvalue weighted by Crippen LogP contribution is 2.23. The number of nitrogens with one attached hydrogen (secondary N) is 1. The van der Waals surface area contributed by atoms with E-state index in [2.05, 4.69) is 56.0 Å². The minimum atomic E-state index is 0.143. The lowest BCUT2D eigenvalue weighted by molar-refractivity contribution is -0.883. The van der Waals surface area contributed by atoms with Gasteiger partial charge in [0.15, 0.2) is 5.16 Å². The topological polar surface area (TPSA) is 53.8 Å². The number of amides is 1. The van der Waals surface area contributed by atoms with Gasteiger partial charge < -0.3 is 14.7 Å². The van der Waals surface area contributed by atoms with Crippen molar-refractivity contribution >= 4 is 23.5 Å². The van der Waals surface area contributed by atoms with Gasteiger partial charge in [-0.1, -0.05) is 37.7 Å². The second-order valence-corrected chi connectivity index (χ2v) is 8.95. The second kappa shape index (κ2) is 10.8. The van der Waals surface area contributed by atoms with Gasteiger partial charge in [-0.15, -0.1) is 0 Å². The number of quaternary nitrogens is 1. The predicted octanol–water partition coefficient (Wildman–Crippen LogP) is 2.15. The van der Waals surface area contributed by atoms with Crippen molar-refractivity contribution in [3.63, 3.8) is 0 Å². The number of anilines is 1. The van der Waals surface area contributed by atoms with Crippen molar-refractivity contribution in [3.8, 4) is 0 Å². The molecule has 1 aromatic heterocycles. The van der Waals surface area contributed by atoms with E-state index >= 15 is 0 Å². The number of rotatable bonds is 8. The van der Waals surface area contributed by atoms with E-state index in [1.54, 1.807) is 11.8 Å². The molecule has 1 amide bonds. The van der Waals surface area contributed by atoms with E-state index in [-0.39, 0.29) is 5.91 Å². The lowest BCUT2D eigenvalue weighted by Crippen LogP contribution is -3.12. The van der Waals surface area contributed by atoms with Crippen LogP contribution in [0, 0.1) is 0 Å². The molecule has 1 N–H and O–H groups in total. The van der Waals surface area contributed by atoms with Gasteiger partial charge in [-0.3, -0.25) is 4.79 Å². The number of hydrogen-bond donors (Lipinski definition) is 1. The molecule has 0 saturated carbocycles. The van der Waals surface area contributed by atoms with Crippen LogP contribution in [0.1, 0.15) is 41.9 Å². The molecule has 6 nitrogen and oxygen atoms in total. The Hall–Kier alpha value is -2.12. The number of aryl methyl sites for hydroxylation is 1. The van der Waals surface area contributed by atoms with Gasteiger partial charge in [0, 0.05) is 36.7 Å². The van der Waals surface area contributed by atoms with E-state index in [1.165, 1.54) is 10.5 Å². The van der Waals surface area contributed by atoms with Gasteiger partial charge in [0.25, 0.3) is 5.91 Å². The molecule has 7 heteroatoms. The second-order valence-electron chi connectivity index (χ2n) is 8.01. The van der Waals surface area contributed by atoms with Crippen LogP contribution in [0.5, 0.6) is 0 Å². The normalized spacial score (nSPS) is 14.7. The molecular weight excluding hydrogens is 394 g/mol. The smallest absolute Gasteiger partial charge is 0.254 e. The highest BCUT2D eigenvalue weighted by molar-refractivity contribution is 7.98. The molecule has 2 aromatic rings. The third-order valence-electron chi connectivity index (χ3n) is 5.53. The summed E-state index contributed by atoms with van der Waals surface area (Å²) in [7, 11) is 4.26. The van der Waals surface area contributed by atoms with Crippen LogP contribution in [0.3, 0.4) is 0 Å². The van der Waals surface area contributed by atoms with E-state index in [9.17, 15) is 4.79 Å². The number of carbonyl (C=O) groups excluding carboxylic acids is 1. The van der Waals surface area contributed by atoms with Gasteiger partial charge >= 0.3 is 0 Å². The lowest BCUT2D eigenvalue weighted by Gasteiger charge is -2.30. The van der Waals surface area contributed by atoms with Crippen molar-refractivity contribution in [2.45, 2.75) is 37.6 Å². The number of aromatic nitrogens is 2. The standard InChI is InChI=1S/C23H33N5OS/c1-5-11-27(4)21-16-20(6-2)24-23(25-21)30-17-18-7-9-19(10-8-18)22(29)28-14-12-26(3)13-15-28/h7-10,16H,5-6,11-15,17H2,1-4H3/p+1. The van der Waals surface area contributed by atoms with Crippen LogP contribution in [0.15, 0.2) is 35.5 Å². The maximum atomic E-state index is 12.7. The molecule has 0 spiro atoms. The minimum Gasteiger partial charge on any atom is -0.360 e. The molecule has 1 aromatic carbocycles. The largest absolute Gasteiger partial charge is 0.360 e. The molecule has 0 aliphatic carbocycles. The summed E-state index contributed by atoms with van der Waals surface area (Å²) >= 11 is 1.65. The zero-order valence-electron chi connectivity index (χ0n) is 18.6. The van der Waals surface area contributed by atoms with Crippen LogP contribution in [0.4, 0.5) is 5.82 Å². The van der Waals surface area contributed by atoms with E-state index in [1.807, 2.05) is 17.0 Å². The van der Waals surface area contributed by atoms with Crippen molar-refractivity contribution in [1.82, 2.24) is 14.9 Å². The molecule has 0 unspecified atom stereocenters. The maximum Gasteiger partial charge on any atom is 0.254 e. The van der Waals surface area contributed by atoms with Crippen LogP contribution >= 0.6 is 11.8 Å². The number of likely N-dealkylation sites (N-methyl/N-ethyl adjacent to an activating group) is 1. The molecule has 162 valence electrons. The first-order valence-corrected chi connectivity index (χ1v) is 11.9. The average Bonchev–Trinajstić information content (AvgIpc) is 2.78. The summed E-state index contributed by atoms with van der Waals surface area (Å²) in [6, 6.07) is 10.1. The summed E-state index contributed by atoms with van der Waals surface area (Å²) in [5.74, 6) is 1.92. The Morgan fingerprint density at radius 3 is 2.50 bits per heavy atom. The van der Waals surface area contributed by atoms with Crippen LogP contribution in [0.2, 0.25) is 0 Å². The highest BCUT2D eigenvalue weighted by Gasteiger charge is 2.22. The van der Waals surface area contributed by atoms with Crippen LogP contribution in [-0.2, 0) is 12.2 Å². The van der Waals surface area contributed by atoms with Gasteiger partial charge in [0.05, 0.1) is 33.2 Å². The number of nitrogens with zero attached hydrogens (tertiary/aromatic N) is 4. The van der Waals surface area contributed by atoms with E-state index in [0.29, 0.717) is 0 Å². The fourth-order valence-corrected chi connectivity index (χ4v) is 4.34. The zero-order chi connectivity index (χ0) is 21.5. The van der Waals surface area contributed by atoms with E-state index in [0.717, 1.165) is 73.5 Å². The van der Waals surface area contributed by atoms with Crippen molar-refractivity contribution in [2.75, 3.05) is 51.7 Å². The summed E-state index contributed by atoms with van der Waals surface area (Å²) in [6.07, 6.45) is 1.98. The van der Waals surface area contributed by atoms with Crippen molar-refractivity contribution in [1.29, 1.82) is 0 Å². The summed E-state index contributed by atoms with van der Waals surface area (Å²) in [5.41, 5.74) is 3.02. The molecule has 1 fully saturated rings. The van der Waals surface area contributed by atoms with Crippen LogP contribution in [0.25, 0.3) is 0 Å². The fraction of sp³-hybridized carbons (Fsp3) is 0.522. The molecule has 3 rings (SSSR count).